The van der Waals surface area contributed by atoms with Crippen LogP contribution in [0.1, 0.15) is 47.4 Å². The summed E-state index contributed by atoms with van der Waals surface area (Å²) in [7, 11) is 1.60. The monoisotopic (exact) mass is 327 g/mol. The minimum absolute atomic E-state index is 0.0677. The number of aromatic nitrogens is 2. The van der Waals surface area contributed by atoms with Crippen molar-refractivity contribution in [2.24, 2.45) is 0 Å². The molecule has 1 aromatic carbocycles. The fraction of sp³-hybridized carbons (Fsp3) is 0.389. The predicted molar refractivity (Wildman–Crippen MR) is 89.0 cm³/mol. The summed E-state index contributed by atoms with van der Waals surface area (Å²) >= 11 is 0. The van der Waals surface area contributed by atoms with Gasteiger partial charge in [0.05, 0.1) is 13.3 Å². The van der Waals surface area contributed by atoms with E-state index in [2.05, 4.69) is 10.4 Å². The highest BCUT2D eigenvalue weighted by atomic mass is 16.5. The van der Waals surface area contributed by atoms with E-state index in [1.54, 1.807) is 24.9 Å². The van der Waals surface area contributed by atoms with Crippen LogP contribution in [0.4, 0.5) is 0 Å². The Morgan fingerprint density at radius 3 is 2.96 bits per heavy atom. The number of ketones is 1. The number of nitrogens with one attached hydrogen (secondary N) is 1. The molecular formula is C18H21N3O3. The zero-order chi connectivity index (χ0) is 17.1. The smallest absolute Gasteiger partial charge is 0.244 e. The number of rotatable bonds is 5. The van der Waals surface area contributed by atoms with Gasteiger partial charge in [-0.3, -0.25) is 9.59 Å². The molecule has 126 valence electrons. The zero-order valence-corrected chi connectivity index (χ0v) is 13.9. The van der Waals surface area contributed by atoms with Crippen LogP contribution in [0.5, 0.6) is 5.75 Å². The lowest BCUT2D eigenvalue weighted by Gasteiger charge is -2.18. The van der Waals surface area contributed by atoms with Crippen LogP contribution in [-0.2, 0) is 17.8 Å². The number of amides is 1. The third-order valence-corrected chi connectivity index (χ3v) is 4.38. The standard InChI is InChI=1S/C18H21N3O3/c1-12(21-17-14(11-20-21)7-5-8-15(17)22)18(23)19-10-13-6-3-4-9-16(13)24-2/h3-4,6,9,11-12H,5,7-8,10H2,1-2H3,(H,19,23)/t12-/m0/s1. The largest absolute Gasteiger partial charge is 0.496 e. The van der Waals surface area contributed by atoms with Gasteiger partial charge >= 0.3 is 0 Å². The highest BCUT2D eigenvalue weighted by molar-refractivity contribution is 5.97. The van der Waals surface area contributed by atoms with Crippen molar-refractivity contribution >= 4 is 11.7 Å². The third kappa shape index (κ3) is 3.04. The van der Waals surface area contributed by atoms with E-state index in [1.807, 2.05) is 24.3 Å². The second kappa shape index (κ2) is 6.86. The number of nitrogens with zero attached hydrogens (tertiary/aromatic N) is 2. The fourth-order valence-electron chi connectivity index (χ4n) is 3.03. The van der Waals surface area contributed by atoms with Gasteiger partial charge in [-0.2, -0.15) is 5.10 Å². The molecule has 24 heavy (non-hydrogen) atoms. The second-order valence-corrected chi connectivity index (χ2v) is 5.95. The van der Waals surface area contributed by atoms with Gasteiger partial charge in [0, 0.05) is 24.1 Å². The van der Waals surface area contributed by atoms with E-state index >= 15 is 0 Å². The Hall–Kier alpha value is -2.63. The number of Topliss-reactive ketones (excluding diaryl/α,β-unsaturated/α-hetero) is 1. The molecule has 0 unspecified atom stereocenters. The molecule has 1 amide bonds. The molecule has 1 atom stereocenters. The van der Waals surface area contributed by atoms with Crippen molar-refractivity contribution in [2.75, 3.05) is 7.11 Å². The Labute approximate surface area is 140 Å². The molecule has 3 rings (SSSR count). The molecule has 0 radical (unpaired) electrons. The predicted octanol–water partition coefficient (Wildman–Crippen LogP) is 2.29. The van der Waals surface area contributed by atoms with E-state index in [-0.39, 0.29) is 11.7 Å². The Bertz CT molecular complexity index is 767. The molecule has 0 saturated carbocycles. The van der Waals surface area contributed by atoms with Gasteiger partial charge in [0.25, 0.3) is 0 Å². The van der Waals surface area contributed by atoms with Crippen LogP contribution in [0.25, 0.3) is 0 Å². The quantitative estimate of drug-likeness (QED) is 0.914. The molecule has 6 heteroatoms. The topological polar surface area (TPSA) is 73.2 Å². The van der Waals surface area contributed by atoms with E-state index in [9.17, 15) is 9.59 Å². The minimum Gasteiger partial charge on any atom is -0.496 e. The molecular weight excluding hydrogens is 306 g/mol. The number of hydrogen-bond donors (Lipinski definition) is 1. The van der Waals surface area contributed by atoms with Crippen LogP contribution in [0.3, 0.4) is 0 Å². The first-order valence-electron chi connectivity index (χ1n) is 8.11. The number of fused-ring (bicyclic) bond motifs is 1. The van der Waals surface area contributed by atoms with E-state index in [0.29, 0.717) is 18.7 Å². The molecule has 1 aliphatic carbocycles. The molecule has 1 heterocycles. The molecule has 0 bridgehead atoms. The van der Waals surface area contributed by atoms with Crippen molar-refractivity contribution in [1.29, 1.82) is 0 Å². The van der Waals surface area contributed by atoms with Gasteiger partial charge < -0.3 is 10.1 Å². The maximum atomic E-state index is 12.5. The van der Waals surface area contributed by atoms with Gasteiger partial charge in [-0.05, 0) is 25.8 Å². The fourth-order valence-corrected chi connectivity index (χ4v) is 3.03. The van der Waals surface area contributed by atoms with Crippen molar-refractivity contribution in [1.82, 2.24) is 15.1 Å². The van der Waals surface area contributed by atoms with Crippen LogP contribution in [0.2, 0.25) is 0 Å². The van der Waals surface area contributed by atoms with Crippen molar-refractivity contribution in [3.8, 4) is 5.75 Å². The number of aryl methyl sites for hydroxylation is 1. The summed E-state index contributed by atoms with van der Waals surface area (Å²) < 4.78 is 6.84. The van der Waals surface area contributed by atoms with Crippen LogP contribution in [-0.4, -0.2) is 28.6 Å². The Morgan fingerprint density at radius 2 is 2.17 bits per heavy atom. The first-order valence-corrected chi connectivity index (χ1v) is 8.11. The lowest BCUT2D eigenvalue weighted by atomic mass is 9.97. The summed E-state index contributed by atoms with van der Waals surface area (Å²) in [5, 5.41) is 7.16. The third-order valence-electron chi connectivity index (χ3n) is 4.38. The maximum absolute atomic E-state index is 12.5. The summed E-state index contributed by atoms with van der Waals surface area (Å²) in [6, 6.07) is 7.01. The highest BCUT2D eigenvalue weighted by Gasteiger charge is 2.27. The molecule has 0 aliphatic heterocycles. The zero-order valence-electron chi connectivity index (χ0n) is 13.9. The lowest BCUT2D eigenvalue weighted by molar-refractivity contribution is -0.124. The second-order valence-electron chi connectivity index (χ2n) is 5.95. The molecule has 2 aromatic rings. The summed E-state index contributed by atoms with van der Waals surface area (Å²) in [6.07, 6.45) is 3.92. The highest BCUT2D eigenvalue weighted by Crippen LogP contribution is 2.23. The number of benzene rings is 1. The van der Waals surface area contributed by atoms with Gasteiger partial charge in [-0.1, -0.05) is 18.2 Å². The summed E-state index contributed by atoms with van der Waals surface area (Å²) in [5.74, 6) is 0.625. The molecule has 1 aromatic heterocycles. The maximum Gasteiger partial charge on any atom is 0.244 e. The van der Waals surface area contributed by atoms with Crippen molar-refractivity contribution < 1.29 is 14.3 Å². The van der Waals surface area contributed by atoms with E-state index in [4.69, 9.17) is 4.74 Å². The Kier molecular flexibility index (Phi) is 4.64. The average Bonchev–Trinajstić information content (AvgIpc) is 3.04. The Morgan fingerprint density at radius 1 is 1.38 bits per heavy atom. The number of hydrogen-bond acceptors (Lipinski definition) is 4. The van der Waals surface area contributed by atoms with Gasteiger partial charge in [0.15, 0.2) is 5.78 Å². The normalized spacial score (nSPS) is 14.8. The van der Waals surface area contributed by atoms with E-state index in [1.165, 1.54) is 0 Å². The molecule has 0 saturated heterocycles. The lowest BCUT2D eigenvalue weighted by Crippen LogP contribution is -2.33. The summed E-state index contributed by atoms with van der Waals surface area (Å²) in [5.41, 5.74) is 2.43. The van der Waals surface area contributed by atoms with Crippen molar-refractivity contribution in [2.45, 2.75) is 38.8 Å². The number of para-hydroxylation sites is 1. The number of methoxy groups -OCH3 is 1. The minimum atomic E-state index is -0.537. The summed E-state index contributed by atoms with van der Waals surface area (Å²) in [6.45, 7) is 2.12. The number of carbonyl (C=O) groups is 2. The SMILES string of the molecule is COc1ccccc1CNC(=O)[C@H](C)n1ncc2c1C(=O)CCC2. The first kappa shape index (κ1) is 16.2. The van der Waals surface area contributed by atoms with Crippen LogP contribution in [0.15, 0.2) is 30.5 Å². The van der Waals surface area contributed by atoms with Gasteiger partial charge in [0.2, 0.25) is 5.91 Å². The molecule has 1 aliphatic rings. The van der Waals surface area contributed by atoms with E-state index < -0.39 is 6.04 Å². The summed E-state index contributed by atoms with van der Waals surface area (Å²) in [4.78, 5) is 24.6. The van der Waals surface area contributed by atoms with Crippen LogP contribution < -0.4 is 10.1 Å². The average molecular weight is 327 g/mol. The molecule has 0 fully saturated rings. The molecule has 1 N–H and O–H groups in total. The van der Waals surface area contributed by atoms with Crippen molar-refractivity contribution in [3.05, 3.63) is 47.3 Å². The Balaban J connectivity index is 1.72. The van der Waals surface area contributed by atoms with Gasteiger partial charge in [0.1, 0.15) is 17.5 Å². The number of ether oxygens (including phenoxy) is 1. The van der Waals surface area contributed by atoms with Crippen LogP contribution in [0, 0.1) is 0 Å². The molecule has 6 nitrogen and oxygen atoms in total. The first-order chi connectivity index (χ1) is 11.6. The van der Waals surface area contributed by atoms with Gasteiger partial charge in [-0.15, -0.1) is 0 Å². The van der Waals surface area contributed by atoms with Gasteiger partial charge in [-0.25, -0.2) is 4.68 Å². The van der Waals surface area contributed by atoms with Crippen molar-refractivity contribution in [3.63, 3.8) is 0 Å². The molecule has 0 spiro atoms. The number of carbonyl (C=O) groups excluding carboxylic acids is 2. The van der Waals surface area contributed by atoms with E-state index in [0.717, 1.165) is 29.7 Å². The van der Waals surface area contributed by atoms with Crippen LogP contribution >= 0.6 is 0 Å².